The fourth-order valence-corrected chi connectivity index (χ4v) is 6.07. The van der Waals surface area contributed by atoms with Crippen LogP contribution in [-0.2, 0) is 11.2 Å². The molecule has 0 saturated carbocycles. The Labute approximate surface area is 244 Å². The monoisotopic (exact) mass is 569 g/mol. The Hall–Kier alpha value is -4.15. The summed E-state index contributed by atoms with van der Waals surface area (Å²) in [7, 11) is 2.05. The van der Waals surface area contributed by atoms with Crippen LogP contribution in [0.1, 0.15) is 56.7 Å². The van der Waals surface area contributed by atoms with Crippen LogP contribution in [0.15, 0.2) is 51.6 Å². The molecule has 2 aromatic rings. The maximum atomic E-state index is 13.3. The quantitative estimate of drug-likeness (QED) is 0.405. The number of nitrogens with zero attached hydrogens (tertiary/aromatic N) is 4. The van der Waals surface area contributed by atoms with Gasteiger partial charge in [0.2, 0.25) is 0 Å². The highest BCUT2D eigenvalue weighted by Crippen LogP contribution is 2.37. The minimum absolute atomic E-state index is 0.0126. The lowest BCUT2D eigenvalue weighted by atomic mass is 9.99. The highest BCUT2D eigenvalue weighted by atomic mass is 16.5. The average molecular weight is 570 g/mol. The van der Waals surface area contributed by atoms with E-state index in [1.165, 1.54) is 11.1 Å². The van der Waals surface area contributed by atoms with Crippen molar-refractivity contribution in [1.82, 2.24) is 9.80 Å². The zero-order valence-electron chi connectivity index (χ0n) is 24.1. The van der Waals surface area contributed by atoms with Gasteiger partial charge in [-0.15, -0.1) is 0 Å². The number of hydrogen-bond donors (Lipinski definition) is 2. The first-order chi connectivity index (χ1) is 20.2. The Morgan fingerprint density at radius 2 is 1.83 bits per heavy atom. The highest BCUT2D eigenvalue weighted by Gasteiger charge is 2.42. The van der Waals surface area contributed by atoms with Crippen LogP contribution >= 0.6 is 0 Å². The number of likely N-dealkylation sites (tertiary alicyclic amines) is 1. The van der Waals surface area contributed by atoms with Gasteiger partial charge in [-0.25, -0.2) is 4.99 Å². The number of hydrogen-bond acceptors (Lipinski definition) is 8. The number of aliphatic hydroxyl groups is 1. The zero-order valence-corrected chi connectivity index (χ0v) is 24.1. The van der Waals surface area contributed by atoms with E-state index in [2.05, 4.69) is 20.2 Å². The Morgan fingerprint density at radius 1 is 1.10 bits per heavy atom. The minimum atomic E-state index is -0.891. The summed E-state index contributed by atoms with van der Waals surface area (Å²) in [6, 6.07) is 9.27. The van der Waals surface area contributed by atoms with Crippen LogP contribution in [0.3, 0.4) is 0 Å². The molecule has 6 rings (SSSR count). The van der Waals surface area contributed by atoms with Crippen LogP contribution in [0.5, 0.6) is 5.75 Å². The van der Waals surface area contributed by atoms with Gasteiger partial charge in [0.15, 0.2) is 11.6 Å². The third kappa shape index (κ3) is 5.28. The molecule has 1 fully saturated rings. The molecular weight excluding hydrogens is 534 g/mol. The highest BCUT2D eigenvalue weighted by molar-refractivity contribution is 6.29. The maximum Gasteiger partial charge on any atom is 0.261 e. The van der Waals surface area contributed by atoms with Gasteiger partial charge < -0.3 is 20.1 Å². The van der Waals surface area contributed by atoms with Gasteiger partial charge in [-0.3, -0.25) is 24.3 Å². The molecule has 218 valence electrons. The molecule has 42 heavy (non-hydrogen) atoms. The van der Waals surface area contributed by atoms with Gasteiger partial charge in [0, 0.05) is 36.5 Å². The van der Waals surface area contributed by atoms with E-state index < -0.39 is 6.10 Å². The van der Waals surface area contributed by atoms with Crippen LogP contribution in [0.2, 0.25) is 0 Å². The smallest absolute Gasteiger partial charge is 0.261 e. The SMILES string of the molecule is Cc1ccc(OC[C@H](O)CN=C2N=CCC(=O)C2=C2Cc3cc4c(cc3N2)C(=O)N(C2CCN(C)CC2)C4=O)c(C)c1. The molecule has 0 aliphatic carbocycles. The number of rotatable bonds is 6. The fourth-order valence-electron chi connectivity index (χ4n) is 6.07. The lowest BCUT2D eigenvalue weighted by molar-refractivity contribution is -0.114. The van der Waals surface area contributed by atoms with E-state index in [0.29, 0.717) is 40.3 Å². The molecule has 2 N–H and O–H groups in total. The number of piperidine rings is 1. The van der Waals surface area contributed by atoms with E-state index in [4.69, 9.17) is 4.74 Å². The number of aliphatic imine (C=N–C) groups is 2. The largest absolute Gasteiger partial charge is 0.491 e. The summed E-state index contributed by atoms with van der Waals surface area (Å²) < 4.78 is 5.78. The van der Waals surface area contributed by atoms with Crippen LogP contribution in [0.4, 0.5) is 5.69 Å². The molecular formula is C32H35N5O5. The van der Waals surface area contributed by atoms with Gasteiger partial charge in [0.25, 0.3) is 11.8 Å². The van der Waals surface area contributed by atoms with Gasteiger partial charge >= 0.3 is 0 Å². The molecule has 4 aliphatic rings. The van der Waals surface area contributed by atoms with Gasteiger partial charge in [-0.05, 0) is 76.2 Å². The topological polar surface area (TPSA) is 124 Å². The first-order valence-electron chi connectivity index (χ1n) is 14.4. The van der Waals surface area contributed by atoms with Crippen molar-refractivity contribution < 1.29 is 24.2 Å². The number of fused-ring (bicyclic) bond motifs is 2. The second-order valence-electron chi connectivity index (χ2n) is 11.6. The number of anilines is 1. The predicted molar refractivity (Wildman–Crippen MR) is 160 cm³/mol. The molecule has 4 heterocycles. The first-order valence-corrected chi connectivity index (χ1v) is 14.4. The van der Waals surface area contributed by atoms with Crippen LogP contribution in [0, 0.1) is 13.8 Å². The van der Waals surface area contributed by atoms with E-state index in [1.54, 1.807) is 12.1 Å². The second kappa shape index (κ2) is 11.3. The van der Waals surface area contributed by atoms with E-state index in [1.807, 2.05) is 39.1 Å². The molecule has 2 aromatic carbocycles. The number of carbonyl (C=O) groups is 3. The Kier molecular flexibility index (Phi) is 7.51. The number of amidine groups is 1. The predicted octanol–water partition coefficient (Wildman–Crippen LogP) is 3.10. The average Bonchev–Trinajstić information content (AvgIpc) is 3.48. The van der Waals surface area contributed by atoms with Gasteiger partial charge in [0.05, 0.1) is 23.2 Å². The van der Waals surface area contributed by atoms with Crippen LogP contribution in [-0.4, -0.2) is 90.0 Å². The van der Waals surface area contributed by atoms with Crippen molar-refractivity contribution in [2.75, 3.05) is 38.6 Å². The Bertz CT molecular complexity index is 1520. The first kappa shape index (κ1) is 28.0. The Morgan fingerprint density at radius 3 is 2.57 bits per heavy atom. The molecule has 4 aliphatic heterocycles. The lowest BCUT2D eigenvalue weighted by Crippen LogP contribution is -2.46. The standard InChI is InChI=1S/C32H35N5O5/c1-18-4-5-28(19(2)12-18)42-17-22(38)16-34-30-29(27(39)6-9-33-30)26-14-20-13-23-24(15-25(20)35-26)32(41)37(31(23)40)21-7-10-36(3)11-8-21/h4-5,9,12-13,15,21-22,35,38H,6-8,10-11,14,16-17H2,1-3H3/t22-/m1/s1. The summed E-state index contributed by atoms with van der Waals surface area (Å²) in [5, 5.41) is 13.9. The lowest BCUT2D eigenvalue weighted by Gasteiger charge is -2.33. The number of imide groups is 1. The number of aryl methyl sites for hydroxylation is 2. The second-order valence-corrected chi connectivity index (χ2v) is 11.6. The summed E-state index contributed by atoms with van der Waals surface area (Å²) in [5.74, 6) is 0.319. The van der Waals surface area contributed by atoms with Gasteiger partial charge in [-0.1, -0.05) is 17.7 Å². The van der Waals surface area contributed by atoms with E-state index >= 15 is 0 Å². The van der Waals surface area contributed by atoms with Crippen molar-refractivity contribution in [3.05, 3.63) is 69.4 Å². The summed E-state index contributed by atoms with van der Waals surface area (Å²) in [5.41, 5.74) is 5.46. The Balaban J connectivity index is 1.18. The van der Waals surface area contributed by atoms with Crippen molar-refractivity contribution in [2.45, 2.75) is 51.7 Å². The maximum absolute atomic E-state index is 13.3. The van der Waals surface area contributed by atoms with E-state index in [9.17, 15) is 19.5 Å². The molecule has 0 spiro atoms. The molecule has 1 atom stereocenters. The molecule has 0 radical (unpaired) electrons. The fraction of sp³-hybridized carbons (Fsp3) is 0.406. The molecule has 2 amide bonds. The number of carbonyl (C=O) groups excluding carboxylic acids is 3. The summed E-state index contributed by atoms with van der Waals surface area (Å²) in [6.45, 7) is 5.73. The number of amides is 2. The minimum Gasteiger partial charge on any atom is -0.491 e. The van der Waals surface area contributed by atoms with E-state index in [0.717, 1.165) is 42.6 Å². The van der Waals surface area contributed by atoms with E-state index in [-0.39, 0.29) is 49.0 Å². The number of benzene rings is 2. The van der Waals surface area contributed by atoms with Crippen molar-refractivity contribution in [2.24, 2.45) is 9.98 Å². The summed E-state index contributed by atoms with van der Waals surface area (Å²) >= 11 is 0. The molecule has 10 heteroatoms. The molecule has 0 bridgehead atoms. The number of ketones is 1. The number of Topliss-reactive ketones (excluding diaryl/α,β-unsaturated/α-hetero) is 1. The molecule has 1 saturated heterocycles. The molecule has 10 nitrogen and oxygen atoms in total. The third-order valence-corrected chi connectivity index (χ3v) is 8.36. The van der Waals surface area contributed by atoms with Gasteiger partial charge in [0.1, 0.15) is 18.5 Å². The van der Waals surface area contributed by atoms with Crippen molar-refractivity contribution in [3.63, 3.8) is 0 Å². The zero-order chi connectivity index (χ0) is 29.5. The number of allylic oxidation sites excluding steroid dienone is 1. The molecule has 0 unspecified atom stereocenters. The molecule has 0 aromatic heterocycles. The number of aliphatic hydroxyl groups excluding tert-OH is 1. The number of ether oxygens (including phenoxy) is 1. The third-order valence-electron chi connectivity index (χ3n) is 8.36. The summed E-state index contributed by atoms with van der Waals surface area (Å²) in [4.78, 5) is 52.2. The van der Waals surface area contributed by atoms with Crippen molar-refractivity contribution in [1.29, 1.82) is 0 Å². The number of nitrogens with one attached hydrogen (secondary N) is 1. The van der Waals surface area contributed by atoms with Crippen molar-refractivity contribution >= 4 is 35.3 Å². The van der Waals surface area contributed by atoms with Gasteiger partial charge in [-0.2, -0.15) is 0 Å². The normalized spacial score (nSPS) is 22.5. The van der Waals surface area contributed by atoms with Crippen LogP contribution < -0.4 is 10.1 Å². The van der Waals surface area contributed by atoms with Crippen LogP contribution in [0.25, 0.3) is 0 Å². The summed E-state index contributed by atoms with van der Waals surface area (Å²) in [6.07, 6.45) is 2.70. The van der Waals surface area contributed by atoms with Crippen molar-refractivity contribution in [3.8, 4) is 5.75 Å².